The number of hydrogen-bond acceptors (Lipinski definition) is 4. The number of methoxy groups -OCH3 is 1. The molecule has 0 amide bonds. The van der Waals surface area contributed by atoms with Crippen molar-refractivity contribution in [3.63, 3.8) is 0 Å². The van der Waals surface area contributed by atoms with E-state index in [1.165, 1.54) is 44.9 Å². The van der Waals surface area contributed by atoms with Crippen molar-refractivity contribution in [2.75, 3.05) is 13.7 Å². The van der Waals surface area contributed by atoms with Crippen molar-refractivity contribution < 1.29 is 9.84 Å². The average Bonchev–Trinajstić information content (AvgIpc) is 3.36. The lowest BCUT2D eigenvalue weighted by Crippen LogP contribution is -2.52. The molecule has 1 aromatic heterocycles. The second kappa shape index (κ2) is 8.44. The van der Waals surface area contributed by atoms with Gasteiger partial charge in [-0.05, 0) is 105 Å². The summed E-state index contributed by atoms with van der Waals surface area (Å²) in [6.07, 6.45) is 14.8. The first-order valence-corrected chi connectivity index (χ1v) is 13.0. The summed E-state index contributed by atoms with van der Waals surface area (Å²) in [6, 6.07) is 2.20. The van der Waals surface area contributed by atoms with E-state index in [0.29, 0.717) is 29.4 Å². The van der Waals surface area contributed by atoms with Crippen molar-refractivity contribution in [1.82, 2.24) is 9.78 Å². The van der Waals surface area contributed by atoms with Crippen LogP contribution < -0.4 is 0 Å². The number of rotatable bonds is 5. The Morgan fingerprint density at radius 2 is 2.00 bits per heavy atom. The Hall–Kier alpha value is -1.38. The summed E-state index contributed by atoms with van der Waals surface area (Å²) < 4.78 is 7.34. The zero-order chi connectivity index (χ0) is 22.5. The molecule has 5 rings (SSSR count). The van der Waals surface area contributed by atoms with E-state index in [0.717, 1.165) is 49.0 Å². The molecule has 4 fully saturated rings. The van der Waals surface area contributed by atoms with Crippen LogP contribution in [0.2, 0.25) is 0 Å². The van der Waals surface area contributed by atoms with Crippen LogP contribution >= 0.6 is 0 Å². The minimum Gasteiger partial charge on any atom is -0.387 e. The molecular formula is C27H41N3O2. The van der Waals surface area contributed by atoms with E-state index in [9.17, 15) is 5.11 Å². The Morgan fingerprint density at radius 3 is 2.75 bits per heavy atom. The van der Waals surface area contributed by atoms with Crippen LogP contribution in [0, 0.1) is 58.2 Å². The van der Waals surface area contributed by atoms with E-state index in [1.54, 1.807) is 13.3 Å². The predicted octanol–water partition coefficient (Wildman–Crippen LogP) is 5.04. The van der Waals surface area contributed by atoms with Gasteiger partial charge in [0.15, 0.2) is 0 Å². The van der Waals surface area contributed by atoms with Crippen LogP contribution in [0.5, 0.6) is 0 Å². The molecule has 4 aliphatic rings. The molecule has 5 nitrogen and oxygen atoms in total. The molecule has 0 aliphatic heterocycles. The normalized spacial score (nSPS) is 44.2. The molecule has 9 atom stereocenters. The van der Waals surface area contributed by atoms with Gasteiger partial charge in [-0.2, -0.15) is 10.4 Å². The first-order valence-electron chi connectivity index (χ1n) is 13.0. The van der Waals surface area contributed by atoms with Crippen LogP contribution in [-0.2, 0) is 11.3 Å². The number of aliphatic hydroxyl groups is 1. The fourth-order valence-corrected chi connectivity index (χ4v) is 9.28. The van der Waals surface area contributed by atoms with Crippen LogP contribution in [0.3, 0.4) is 0 Å². The maximum absolute atomic E-state index is 11.0. The van der Waals surface area contributed by atoms with E-state index in [4.69, 9.17) is 10.00 Å². The Bertz CT molecular complexity index is 861. The Balaban J connectivity index is 1.27. The lowest BCUT2D eigenvalue weighted by atomic mass is 9.48. The van der Waals surface area contributed by atoms with E-state index in [1.807, 2.05) is 10.9 Å². The highest BCUT2D eigenvalue weighted by Crippen LogP contribution is 2.65. The van der Waals surface area contributed by atoms with Crippen LogP contribution in [0.1, 0.15) is 77.2 Å². The van der Waals surface area contributed by atoms with Gasteiger partial charge < -0.3 is 9.84 Å². The fourth-order valence-electron chi connectivity index (χ4n) is 9.28. The number of ether oxygens (including phenoxy) is 1. The van der Waals surface area contributed by atoms with E-state index in [-0.39, 0.29) is 0 Å². The molecule has 176 valence electrons. The second-order valence-corrected chi connectivity index (χ2v) is 12.1. The monoisotopic (exact) mass is 439 g/mol. The van der Waals surface area contributed by atoms with Crippen molar-refractivity contribution in [2.24, 2.45) is 46.8 Å². The number of nitrogens with zero attached hydrogens (tertiary/aromatic N) is 3. The predicted molar refractivity (Wildman–Crippen MR) is 124 cm³/mol. The highest BCUT2D eigenvalue weighted by atomic mass is 16.5. The lowest BCUT2D eigenvalue weighted by molar-refractivity contribution is -0.126. The van der Waals surface area contributed by atoms with Crippen LogP contribution in [0.4, 0.5) is 0 Å². The quantitative estimate of drug-likeness (QED) is 0.698. The standard InChI is InChI=1S/C27H41N3O2/c1-18(15-30-16-19(13-28)14-29-30)24-6-7-25-23-5-4-20-12-27(31,17-32-3)11-9-21(20)22(23)8-10-26(24,25)2/h14,16,18,20-25,31H,4-12,15,17H2,1-3H3/t18-,20+,21-,22+,23+,24+,25-,26+,27+/m0/s1. The van der Waals surface area contributed by atoms with Gasteiger partial charge in [0.05, 0.1) is 24.0 Å². The van der Waals surface area contributed by atoms with Gasteiger partial charge in [0.2, 0.25) is 0 Å². The minimum atomic E-state index is -0.586. The van der Waals surface area contributed by atoms with Crippen LogP contribution in [-0.4, -0.2) is 34.2 Å². The molecule has 0 radical (unpaired) electrons. The topological polar surface area (TPSA) is 71.1 Å². The molecule has 0 saturated heterocycles. The molecule has 5 heteroatoms. The number of hydrogen-bond donors (Lipinski definition) is 1. The van der Waals surface area contributed by atoms with Gasteiger partial charge in [0.1, 0.15) is 6.07 Å². The van der Waals surface area contributed by atoms with Gasteiger partial charge in [0.25, 0.3) is 0 Å². The summed E-state index contributed by atoms with van der Waals surface area (Å²) in [5.41, 5.74) is 0.525. The van der Waals surface area contributed by atoms with Crippen LogP contribution in [0.15, 0.2) is 12.4 Å². The maximum atomic E-state index is 11.0. The van der Waals surface area contributed by atoms with E-state index >= 15 is 0 Å². The zero-order valence-electron chi connectivity index (χ0n) is 20.2. The third-order valence-electron chi connectivity index (χ3n) is 10.5. The van der Waals surface area contributed by atoms with Gasteiger partial charge in [0, 0.05) is 19.9 Å². The first kappa shape index (κ1) is 22.4. The summed E-state index contributed by atoms with van der Waals surface area (Å²) in [5.74, 6) is 5.47. The third-order valence-corrected chi connectivity index (χ3v) is 10.5. The van der Waals surface area contributed by atoms with Crippen molar-refractivity contribution in [3.05, 3.63) is 18.0 Å². The Labute approximate surface area is 193 Å². The molecule has 0 bridgehead atoms. The molecular weight excluding hydrogens is 398 g/mol. The summed E-state index contributed by atoms with van der Waals surface area (Å²) >= 11 is 0. The molecule has 4 aliphatic carbocycles. The summed E-state index contributed by atoms with van der Waals surface area (Å²) in [4.78, 5) is 0. The highest BCUT2D eigenvalue weighted by Gasteiger charge is 2.58. The van der Waals surface area contributed by atoms with Crippen molar-refractivity contribution in [1.29, 1.82) is 5.26 Å². The number of fused-ring (bicyclic) bond motifs is 5. The van der Waals surface area contributed by atoms with E-state index < -0.39 is 5.60 Å². The number of aromatic nitrogens is 2. The van der Waals surface area contributed by atoms with Crippen molar-refractivity contribution in [2.45, 2.75) is 83.8 Å². The Kier molecular flexibility index (Phi) is 5.91. The summed E-state index contributed by atoms with van der Waals surface area (Å²) in [7, 11) is 1.72. The van der Waals surface area contributed by atoms with E-state index in [2.05, 4.69) is 25.0 Å². The molecule has 0 aromatic carbocycles. The molecule has 1 heterocycles. The van der Waals surface area contributed by atoms with Gasteiger partial charge in [-0.1, -0.05) is 13.8 Å². The maximum Gasteiger partial charge on any atom is 0.102 e. The third kappa shape index (κ3) is 3.72. The molecule has 0 spiro atoms. The van der Waals surface area contributed by atoms with Gasteiger partial charge in [-0.3, -0.25) is 4.68 Å². The highest BCUT2D eigenvalue weighted by molar-refractivity contribution is 5.21. The second-order valence-electron chi connectivity index (χ2n) is 12.1. The SMILES string of the molecule is COC[C@@]1(O)CC[C@H]2[C@H](CC[C@@H]3[C@@H]2CC[C@]2(C)[C@@H]([C@@H](C)Cn4cc(C#N)cn4)CC[C@@H]32)C1. The lowest BCUT2D eigenvalue weighted by Gasteiger charge is -2.57. The molecule has 1 N–H and O–H groups in total. The van der Waals surface area contributed by atoms with Crippen molar-refractivity contribution >= 4 is 0 Å². The molecule has 4 saturated carbocycles. The summed E-state index contributed by atoms with van der Waals surface area (Å²) in [6.45, 7) is 6.44. The Morgan fingerprint density at radius 1 is 1.19 bits per heavy atom. The van der Waals surface area contributed by atoms with Crippen LogP contribution in [0.25, 0.3) is 0 Å². The molecule has 0 unspecified atom stereocenters. The first-order chi connectivity index (χ1) is 15.4. The molecule has 1 aromatic rings. The molecule has 32 heavy (non-hydrogen) atoms. The average molecular weight is 440 g/mol. The van der Waals surface area contributed by atoms with Crippen molar-refractivity contribution in [3.8, 4) is 6.07 Å². The number of nitriles is 1. The minimum absolute atomic E-state index is 0.448. The van der Waals surface area contributed by atoms with Gasteiger partial charge >= 0.3 is 0 Å². The van der Waals surface area contributed by atoms with Gasteiger partial charge in [-0.15, -0.1) is 0 Å². The largest absolute Gasteiger partial charge is 0.387 e. The smallest absolute Gasteiger partial charge is 0.102 e. The summed E-state index contributed by atoms with van der Waals surface area (Å²) in [5, 5.41) is 24.5. The fraction of sp³-hybridized carbons (Fsp3) is 0.852. The van der Waals surface area contributed by atoms with Gasteiger partial charge in [-0.25, -0.2) is 0 Å². The zero-order valence-corrected chi connectivity index (χ0v) is 20.2.